The van der Waals surface area contributed by atoms with Gasteiger partial charge in [0.15, 0.2) is 0 Å². The van der Waals surface area contributed by atoms with Gasteiger partial charge in [-0.2, -0.15) is 18.3 Å². The summed E-state index contributed by atoms with van der Waals surface area (Å²) in [4.78, 5) is 8.69. The van der Waals surface area contributed by atoms with Gasteiger partial charge in [-0.25, -0.2) is 18.9 Å². The van der Waals surface area contributed by atoms with Crippen LogP contribution in [0.3, 0.4) is 0 Å². The number of rotatable bonds is 4. The fourth-order valence-electron chi connectivity index (χ4n) is 3.10. The van der Waals surface area contributed by atoms with Gasteiger partial charge in [0.25, 0.3) is 0 Å². The third kappa shape index (κ3) is 3.83. The predicted molar refractivity (Wildman–Crippen MR) is 105 cm³/mol. The first-order valence-corrected chi connectivity index (χ1v) is 9.18. The van der Waals surface area contributed by atoms with E-state index in [2.05, 4.69) is 20.4 Å². The molecule has 3 heterocycles. The second-order valence-electron chi connectivity index (χ2n) is 7.04. The SMILES string of the molecule is CC(C)Nc1nccc(-c2c(-c3ccc(F)cc3)nn3cc(C(F)(F)F)ccc23)n1. The first-order valence-electron chi connectivity index (χ1n) is 9.18. The predicted octanol–water partition coefficient (Wildman–Crippen LogP) is 5.44. The number of nitrogens with one attached hydrogen (secondary N) is 1. The fraction of sp³-hybridized carbons (Fsp3) is 0.190. The summed E-state index contributed by atoms with van der Waals surface area (Å²) in [7, 11) is 0. The minimum atomic E-state index is -4.50. The largest absolute Gasteiger partial charge is 0.417 e. The van der Waals surface area contributed by atoms with E-state index in [1.54, 1.807) is 12.3 Å². The molecule has 30 heavy (non-hydrogen) atoms. The number of aromatic nitrogens is 4. The average molecular weight is 415 g/mol. The van der Waals surface area contributed by atoms with Gasteiger partial charge < -0.3 is 5.32 Å². The maximum absolute atomic E-state index is 13.4. The number of alkyl halides is 3. The molecule has 0 spiro atoms. The van der Waals surface area contributed by atoms with E-state index in [4.69, 9.17) is 0 Å². The Bertz CT molecular complexity index is 1200. The number of anilines is 1. The van der Waals surface area contributed by atoms with E-state index in [0.717, 1.165) is 12.3 Å². The Morgan fingerprint density at radius 2 is 1.73 bits per heavy atom. The summed E-state index contributed by atoms with van der Waals surface area (Å²) in [5.74, 6) is -0.0345. The van der Waals surface area contributed by atoms with Crippen LogP contribution < -0.4 is 5.32 Å². The normalized spacial score (nSPS) is 12.0. The lowest BCUT2D eigenvalue weighted by atomic mass is 10.0. The maximum Gasteiger partial charge on any atom is 0.417 e. The molecule has 154 valence electrons. The maximum atomic E-state index is 13.4. The highest BCUT2D eigenvalue weighted by Gasteiger charge is 2.31. The van der Waals surface area contributed by atoms with E-state index >= 15 is 0 Å². The molecule has 1 N–H and O–H groups in total. The number of benzene rings is 1. The Labute approximate surface area is 169 Å². The van der Waals surface area contributed by atoms with Gasteiger partial charge in [-0.3, -0.25) is 0 Å². The van der Waals surface area contributed by atoms with Crippen LogP contribution >= 0.6 is 0 Å². The molecule has 0 fully saturated rings. The van der Waals surface area contributed by atoms with Crippen molar-refractivity contribution >= 4 is 11.5 Å². The van der Waals surface area contributed by atoms with Crippen molar-refractivity contribution in [2.24, 2.45) is 0 Å². The molecule has 0 radical (unpaired) electrons. The summed E-state index contributed by atoms with van der Waals surface area (Å²) in [6.45, 7) is 3.88. The zero-order valence-electron chi connectivity index (χ0n) is 16.1. The second kappa shape index (κ2) is 7.40. The Balaban J connectivity index is 1.96. The number of hydrogen-bond donors (Lipinski definition) is 1. The Morgan fingerprint density at radius 3 is 2.40 bits per heavy atom. The van der Waals surface area contributed by atoms with Gasteiger partial charge in [0, 0.05) is 24.0 Å². The van der Waals surface area contributed by atoms with Crippen molar-refractivity contribution in [2.45, 2.75) is 26.1 Å². The van der Waals surface area contributed by atoms with Gasteiger partial charge in [0.05, 0.1) is 22.3 Å². The van der Waals surface area contributed by atoms with Crippen molar-refractivity contribution in [1.29, 1.82) is 0 Å². The van der Waals surface area contributed by atoms with Crippen molar-refractivity contribution < 1.29 is 17.6 Å². The van der Waals surface area contributed by atoms with E-state index < -0.39 is 17.6 Å². The quantitative estimate of drug-likeness (QED) is 0.451. The molecule has 0 unspecified atom stereocenters. The van der Waals surface area contributed by atoms with Crippen LogP contribution in [0, 0.1) is 5.82 Å². The van der Waals surface area contributed by atoms with Crippen LogP contribution in [0.5, 0.6) is 0 Å². The highest BCUT2D eigenvalue weighted by molar-refractivity contribution is 5.91. The molecule has 1 aromatic carbocycles. The molecule has 0 amide bonds. The van der Waals surface area contributed by atoms with E-state index in [1.165, 1.54) is 34.8 Å². The topological polar surface area (TPSA) is 55.1 Å². The van der Waals surface area contributed by atoms with Gasteiger partial charge in [-0.05, 0) is 56.3 Å². The zero-order valence-corrected chi connectivity index (χ0v) is 16.1. The molecule has 0 bridgehead atoms. The molecule has 0 atom stereocenters. The van der Waals surface area contributed by atoms with Crippen LogP contribution in [0.1, 0.15) is 19.4 Å². The van der Waals surface area contributed by atoms with Crippen molar-refractivity contribution in [3.63, 3.8) is 0 Å². The first kappa shape index (κ1) is 19.8. The Morgan fingerprint density at radius 1 is 1.00 bits per heavy atom. The van der Waals surface area contributed by atoms with E-state index in [1.807, 2.05) is 13.8 Å². The Hall–Kier alpha value is -3.49. The molecule has 0 aliphatic rings. The van der Waals surface area contributed by atoms with Crippen molar-refractivity contribution in [3.8, 4) is 22.5 Å². The summed E-state index contributed by atoms with van der Waals surface area (Å²) in [6, 6.07) is 9.72. The highest BCUT2D eigenvalue weighted by Crippen LogP contribution is 2.36. The first-order chi connectivity index (χ1) is 14.2. The van der Waals surface area contributed by atoms with E-state index in [9.17, 15) is 17.6 Å². The number of halogens is 4. The van der Waals surface area contributed by atoms with Crippen LogP contribution in [-0.4, -0.2) is 25.6 Å². The summed E-state index contributed by atoms with van der Waals surface area (Å²) in [5, 5.41) is 7.47. The lowest BCUT2D eigenvalue weighted by Crippen LogP contribution is -2.12. The smallest absolute Gasteiger partial charge is 0.352 e. The van der Waals surface area contributed by atoms with Crippen molar-refractivity contribution in [3.05, 3.63) is 66.2 Å². The molecule has 9 heteroatoms. The minimum Gasteiger partial charge on any atom is -0.352 e. The molecular formula is C21H17F4N5. The minimum absolute atomic E-state index is 0.0927. The van der Waals surface area contributed by atoms with E-state index in [0.29, 0.717) is 34.0 Å². The molecule has 4 rings (SSSR count). The number of nitrogens with zero attached hydrogens (tertiary/aromatic N) is 4. The highest BCUT2D eigenvalue weighted by atomic mass is 19.4. The summed E-state index contributed by atoms with van der Waals surface area (Å²) < 4.78 is 54.1. The molecule has 0 aliphatic carbocycles. The molecule has 3 aromatic heterocycles. The lowest BCUT2D eigenvalue weighted by Gasteiger charge is -2.10. The number of pyridine rings is 1. The average Bonchev–Trinajstić information content (AvgIpc) is 3.06. The molecular weight excluding hydrogens is 398 g/mol. The van der Waals surface area contributed by atoms with Gasteiger partial charge in [0.2, 0.25) is 5.95 Å². The van der Waals surface area contributed by atoms with Gasteiger partial charge in [-0.15, -0.1) is 0 Å². The monoisotopic (exact) mass is 415 g/mol. The zero-order chi connectivity index (χ0) is 21.5. The summed E-state index contributed by atoms with van der Waals surface area (Å²) >= 11 is 0. The van der Waals surface area contributed by atoms with E-state index in [-0.39, 0.29) is 6.04 Å². The number of fused-ring (bicyclic) bond motifs is 1. The van der Waals surface area contributed by atoms with Gasteiger partial charge in [0.1, 0.15) is 11.5 Å². The van der Waals surface area contributed by atoms with Crippen LogP contribution in [-0.2, 0) is 6.18 Å². The van der Waals surface area contributed by atoms with Crippen molar-refractivity contribution in [1.82, 2.24) is 19.6 Å². The van der Waals surface area contributed by atoms with Gasteiger partial charge in [-0.1, -0.05) is 0 Å². The molecule has 0 saturated carbocycles. The standard InChI is InChI=1S/C21H17F4N5/c1-12(2)27-20-26-10-9-16(28-20)18-17-8-5-14(21(23,24)25)11-30(17)29-19(18)13-3-6-15(22)7-4-13/h3-12H,1-2H3,(H,26,27,28). The molecule has 0 saturated heterocycles. The third-order valence-corrected chi connectivity index (χ3v) is 4.40. The number of hydrogen-bond acceptors (Lipinski definition) is 4. The Kier molecular flexibility index (Phi) is 4.89. The molecule has 0 aliphatic heterocycles. The van der Waals surface area contributed by atoms with Crippen LogP contribution in [0.15, 0.2) is 54.9 Å². The van der Waals surface area contributed by atoms with Crippen molar-refractivity contribution in [2.75, 3.05) is 5.32 Å². The molecule has 4 aromatic rings. The third-order valence-electron chi connectivity index (χ3n) is 4.40. The van der Waals surface area contributed by atoms with Crippen LogP contribution in [0.25, 0.3) is 28.0 Å². The summed E-state index contributed by atoms with van der Waals surface area (Å²) in [5.41, 5.74) is 1.59. The van der Waals surface area contributed by atoms with Crippen LogP contribution in [0.4, 0.5) is 23.5 Å². The summed E-state index contributed by atoms with van der Waals surface area (Å²) in [6.07, 6.45) is -2.00. The fourth-order valence-corrected chi connectivity index (χ4v) is 3.10. The lowest BCUT2D eigenvalue weighted by molar-refractivity contribution is -0.137. The van der Waals surface area contributed by atoms with Crippen LogP contribution in [0.2, 0.25) is 0 Å². The van der Waals surface area contributed by atoms with Gasteiger partial charge >= 0.3 is 6.18 Å². The molecule has 5 nitrogen and oxygen atoms in total. The second-order valence-corrected chi connectivity index (χ2v) is 7.04.